The Balaban J connectivity index is 2.05. The van der Waals surface area contributed by atoms with Gasteiger partial charge in [-0.15, -0.1) is 0 Å². The molecule has 23 heavy (non-hydrogen) atoms. The third kappa shape index (κ3) is 3.69. The molecular formula is C20H21N3. The first-order chi connectivity index (χ1) is 11.1. The molecule has 3 aromatic rings. The number of nitrogen functional groups attached to an aromatic ring is 2. The Kier molecular flexibility index (Phi) is 4.29. The molecule has 2 aromatic carbocycles. The molecule has 4 N–H and O–H groups in total. The number of rotatable bonds is 4. The van der Waals surface area contributed by atoms with Gasteiger partial charge in [-0.05, 0) is 42.2 Å². The van der Waals surface area contributed by atoms with E-state index in [1.165, 1.54) is 16.7 Å². The van der Waals surface area contributed by atoms with E-state index in [4.69, 9.17) is 11.5 Å². The normalized spacial score (nSPS) is 12.0. The van der Waals surface area contributed by atoms with E-state index < -0.39 is 0 Å². The molecule has 1 aromatic heterocycles. The number of anilines is 2. The Morgan fingerprint density at radius 3 is 2.17 bits per heavy atom. The first kappa shape index (κ1) is 15.1. The highest BCUT2D eigenvalue weighted by Gasteiger charge is 2.16. The molecule has 0 aliphatic carbocycles. The second kappa shape index (κ2) is 6.53. The van der Waals surface area contributed by atoms with Crippen LogP contribution in [0.3, 0.4) is 0 Å². The molecule has 116 valence electrons. The molecule has 1 heterocycles. The van der Waals surface area contributed by atoms with E-state index in [2.05, 4.69) is 60.4 Å². The highest BCUT2D eigenvalue weighted by molar-refractivity contribution is 5.48. The summed E-state index contributed by atoms with van der Waals surface area (Å²) < 4.78 is 0. The summed E-state index contributed by atoms with van der Waals surface area (Å²) in [4.78, 5) is 4.09. The van der Waals surface area contributed by atoms with E-state index in [-0.39, 0.29) is 5.92 Å². The van der Waals surface area contributed by atoms with Crippen molar-refractivity contribution in [2.24, 2.45) is 0 Å². The number of aryl methyl sites for hydroxylation is 1. The fourth-order valence-corrected chi connectivity index (χ4v) is 2.96. The van der Waals surface area contributed by atoms with E-state index >= 15 is 0 Å². The fourth-order valence-electron chi connectivity index (χ4n) is 2.96. The first-order valence-electron chi connectivity index (χ1n) is 7.75. The summed E-state index contributed by atoms with van der Waals surface area (Å²) in [5, 5.41) is 0. The number of hydrogen-bond donors (Lipinski definition) is 2. The summed E-state index contributed by atoms with van der Waals surface area (Å²) in [5.74, 6) is 1.13. The Morgan fingerprint density at radius 2 is 1.52 bits per heavy atom. The first-order valence-corrected chi connectivity index (χ1v) is 7.75. The van der Waals surface area contributed by atoms with Gasteiger partial charge in [0.05, 0.1) is 0 Å². The average Bonchev–Trinajstić information content (AvgIpc) is 2.52. The van der Waals surface area contributed by atoms with E-state index in [0.717, 1.165) is 12.0 Å². The van der Waals surface area contributed by atoms with Gasteiger partial charge >= 0.3 is 0 Å². The number of nitrogens with two attached hydrogens (primary N) is 2. The standard InChI is InChI=1S/C20H21N3/c1-14-6-5-9-16(10-14)18(11-15-7-3-2-4-8-15)17-12-19(21)23-20(22)13-17/h2-10,12-13,18H,11H2,1H3,(H4,21,22,23). The van der Waals surface area contributed by atoms with Gasteiger partial charge in [-0.2, -0.15) is 0 Å². The molecule has 0 spiro atoms. The molecule has 3 rings (SSSR count). The van der Waals surface area contributed by atoms with Crippen LogP contribution in [0.2, 0.25) is 0 Å². The number of aromatic nitrogens is 1. The molecule has 0 saturated carbocycles. The third-order valence-electron chi connectivity index (χ3n) is 4.02. The maximum Gasteiger partial charge on any atom is 0.126 e. The zero-order valence-electron chi connectivity index (χ0n) is 13.2. The summed E-state index contributed by atoms with van der Waals surface area (Å²) in [6, 6.07) is 22.9. The van der Waals surface area contributed by atoms with Gasteiger partial charge in [-0.3, -0.25) is 0 Å². The third-order valence-corrected chi connectivity index (χ3v) is 4.02. The van der Waals surface area contributed by atoms with E-state index in [1.807, 2.05) is 18.2 Å². The van der Waals surface area contributed by atoms with Gasteiger partial charge < -0.3 is 11.5 Å². The van der Waals surface area contributed by atoms with Crippen LogP contribution in [-0.2, 0) is 6.42 Å². The van der Waals surface area contributed by atoms with Crippen molar-refractivity contribution in [1.29, 1.82) is 0 Å². The Hall–Kier alpha value is -2.81. The van der Waals surface area contributed by atoms with Crippen molar-refractivity contribution in [3.8, 4) is 0 Å². The summed E-state index contributed by atoms with van der Waals surface area (Å²) >= 11 is 0. The smallest absolute Gasteiger partial charge is 0.126 e. The van der Waals surface area contributed by atoms with Gasteiger partial charge in [0.2, 0.25) is 0 Å². The molecule has 0 amide bonds. The molecule has 1 unspecified atom stereocenters. The van der Waals surface area contributed by atoms with Crippen molar-refractivity contribution >= 4 is 11.6 Å². The van der Waals surface area contributed by atoms with Crippen LogP contribution in [0.25, 0.3) is 0 Å². The minimum atomic E-state index is 0.199. The van der Waals surface area contributed by atoms with Crippen LogP contribution in [0, 0.1) is 6.92 Å². The van der Waals surface area contributed by atoms with Gasteiger partial charge in [0, 0.05) is 5.92 Å². The van der Waals surface area contributed by atoms with Crippen molar-refractivity contribution in [2.75, 3.05) is 11.5 Å². The Bertz CT molecular complexity index is 777. The monoisotopic (exact) mass is 303 g/mol. The van der Waals surface area contributed by atoms with E-state index in [9.17, 15) is 0 Å². The molecule has 3 heteroatoms. The van der Waals surface area contributed by atoms with Gasteiger partial charge in [0.15, 0.2) is 0 Å². The van der Waals surface area contributed by atoms with Crippen LogP contribution < -0.4 is 11.5 Å². The van der Waals surface area contributed by atoms with Crippen molar-refractivity contribution in [2.45, 2.75) is 19.3 Å². The quantitative estimate of drug-likeness (QED) is 0.767. The minimum absolute atomic E-state index is 0.199. The zero-order chi connectivity index (χ0) is 16.2. The molecule has 0 fully saturated rings. The second-order valence-corrected chi connectivity index (χ2v) is 5.91. The number of benzene rings is 2. The molecule has 0 aliphatic rings. The second-order valence-electron chi connectivity index (χ2n) is 5.91. The van der Waals surface area contributed by atoms with Crippen LogP contribution in [0.5, 0.6) is 0 Å². The lowest BCUT2D eigenvalue weighted by Gasteiger charge is -2.19. The molecule has 3 nitrogen and oxygen atoms in total. The zero-order valence-corrected chi connectivity index (χ0v) is 13.2. The van der Waals surface area contributed by atoms with Crippen molar-refractivity contribution in [3.05, 3.63) is 89.0 Å². The average molecular weight is 303 g/mol. The fraction of sp³-hybridized carbons (Fsp3) is 0.150. The lowest BCUT2D eigenvalue weighted by Crippen LogP contribution is -2.08. The molecule has 1 atom stereocenters. The minimum Gasteiger partial charge on any atom is -0.384 e. The van der Waals surface area contributed by atoms with Crippen LogP contribution in [0.15, 0.2) is 66.7 Å². The van der Waals surface area contributed by atoms with Crippen LogP contribution in [0.1, 0.15) is 28.2 Å². The molecular weight excluding hydrogens is 282 g/mol. The Morgan fingerprint density at radius 1 is 0.826 bits per heavy atom. The van der Waals surface area contributed by atoms with Gasteiger partial charge in [-0.25, -0.2) is 4.98 Å². The van der Waals surface area contributed by atoms with Crippen molar-refractivity contribution in [1.82, 2.24) is 4.98 Å². The Labute approximate surface area is 137 Å². The van der Waals surface area contributed by atoms with Gasteiger partial charge in [-0.1, -0.05) is 60.2 Å². The summed E-state index contributed by atoms with van der Waals surface area (Å²) in [5.41, 5.74) is 16.7. The van der Waals surface area contributed by atoms with Crippen molar-refractivity contribution < 1.29 is 0 Å². The van der Waals surface area contributed by atoms with Gasteiger partial charge in [0.1, 0.15) is 11.6 Å². The predicted octanol–water partition coefficient (Wildman–Crippen LogP) is 3.93. The van der Waals surface area contributed by atoms with Crippen LogP contribution in [-0.4, -0.2) is 4.98 Å². The lowest BCUT2D eigenvalue weighted by atomic mass is 9.85. The summed E-state index contributed by atoms with van der Waals surface area (Å²) in [7, 11) is 0. The van der Waals surface area contributed by atoms with E-state index in [0.29, 0.717) is 11.6 Å². The van der Waals surface area contributed by atoms with Gasteiger partial charge in [0.25, 0.3) is 0 Å². The van der Waals surface area contributed by atoms with Crippen molar-refractivity contribution in [3.63, 3.8) is 0 Å². The summed E-state index contributed by atoms with van der Waals surface area (Å²) in [6.45, 7) is 2.11. The number of hydrogen-bond acceptors (Lipinski definition) is 3. The summed E-state index contributed by atoms with van der Waals surface area (Å²) in [6.07, 6.45) is 0.896. The van der Waals surface area contributed by atoms with Crippen LogP contribution in [0.4, 0.5) is 11.6 Å². The molecule has 0 bridgehead atoms. The maximum absolute atomic E-state index is 5.91. The topological polar surface area (TPSA) is 64.9 Å². The largest absolute Gasteiger partial charge is 0.384 e. The SMILES string of the molecule is Cc1cccc(C(Cc2ccccc2)c2cc(N)nc(N)c2)c1. The molecule has 0 radical (unpaired) electrons. The lowest BCUT2D eigenvalue weighted by molar-refractivity contribution is 0.803. The molecule has 0 saturated heterocycles. The van der Waals surface area contributed by atoms with Crippen LogP contribution >= 0.6 is 0 Å². The number of nitrogens with zero attached hydrogens (tertiary/aromatic N) is 1. The maximum atomic E-state index is 5.91. The highest BCUT2D eigenvalue weighted by atomic mass is 14.9. The number of pyridine rings is 1. The van der Waals surface area contributed by atoms with E-state index in [1.54, 1.807) is 0 Å². The molecule has 0 aliphatic heterocycles. The predicted molar refractivity (Wildman–Crippen MR) is 96.2 cm³/mol. The highest BCUT2D eigenvalue weighted by Crippen LogP contribution is 2.30.